The Hall–Kier alpha value is -0.120. The summed E-state index contributed by atoms with van der Waals surface area (Å²) >= 11 is 0. The van der Waals surface area contributed by atoms with Gasteiger partial charge >= 0.3 is 0 Å². The molecule has 0 aromatic heterocycles. The smallest absolute Gasteiger partial charge is 0.0487 e. The minimum absolute atomic E-state index is 0.267. The summed E-state index contributed by atoms with van der Waals surface area (Å²) in [5.74, 6) is 0. The number of hydrogen-bond acceptors (Lipinski definition) is 3. The van der Waals surface area contributed by atoms with E-state index in [9.17, 15) is 0 Å². The van der Waals surface area contributed by atoms with Gasteiger partial charge in [0.1, 0.15) is 0 Å². The van der Waals surface area contributed by atoms with Gasteiger partial charge in [-0.3, -0.25) is 0 Å². The monoisotopic (exact) mass is 204 g/mol. The second-order valence-corrected chi connectivity index (χ2v) is 3.36. The van der Waals surface area contributed by atoms with Crippen molar-refractivity contribution in [2.24, 2.45) is 0 Å². The van der Waals surface area contributed by atoms with Crippen molar-refractivity contribution in [1.82, 2.24) is 0 Å². The quantitative estimate of drug-likeness (QED) is 0.523. The van der Waals surface area contributed by atoms with E-state index >= 15 is 0 Å². The van der Waals surface area contributed by atoms with Crippen molar-refractivity contribution in [3.05, 3.63) is 0 Å². The van der Waals surface area contributed by atoms with E-state index in [4.69, 9.17) is 14.6 Å². The summed E-state index contributed by atoms with van der Waals surface area (Å²) in [6, 6.07) is 0. The van der Waals surface area contributed by atoms with Crippen LogP contribution in [0.4, 0.5) is 0 Å². The molecule has 86 valence electrons. The fourth-order valence-electron chi connectivity index (χ4n) is 1.03. The van der Waals surface area contributed by atoms with Crippen LogP contribution in [0.1, 0.15) is 39.0 Å². The lowest BCUT2D eigenvalue weighted by atomic mass is 10.3. The zero-order valence-corrected chi connectivity index (χ0v) is 9.33. The van der Waals surface area contributed by atoms with E-state index < -0.39 is 0 Å². The lowest BCUT2D eigenvalue weighted by Crippen LogP contribution is -2.03. The molecule has 0 bridgehead atoms. The highest BCUT2D eigenvalue weighted by atomic mass is 16.5. The predicted molar refractivity (Wildman–Crippen MR) is 57.5 cm³/mol. The van der Waals surface area contributed by atoms with E-state index in [-0.39, 0.29) is 6.61 Å². The van der Waals surface area contributed by atoms with Crippen molar-refractivity contribution in [2.75, 3.05) is 33.0 Å². The average molecular weight is 204 g/mol. The Morgan fingerprint density at radius 2 is 1.36 bits per heavy atom. The second kappa shape index (κ2) is 12.9. The van der Waals surface area contributed by atoms with Crippen LogP contribution >= 0.6 is 0 Å². The van der Waals surface area contributed by atoms with Gasteiger partial charge in [-0.25, -0.2) is 0 Å². The third-order valence-corrected chi connectivity index (χ3v) is 1.92. The zero-order chi connectivity index (χ0) is 10.5. The molecule has 0 aromatic carbocycles. The molecule has 0 atom stereocenters. The molecule has 3 heteroatoms. The molecule has 0 aromatic rings. The van der Waals surface area contributed by atoms with Gasteiger partial charge in [-0.1, -0.05) is 13.3 Å². The summed E-state index contributed by atoms with van der Waals surface area (Å²) in [6.07, 6.45) is 5.11. The summed E-state index contributed by atoms with van der Waals surface area (Å²) in [6.45, 7) is 5.64. The third-order valence-electron chi connectivity index (χ3n) is 1.92. The number of aliphatic hydroxyl groups excluding tert-OH is 1. The van der Waals surface area contributed by atoms with E-state index in [1.807, 2.05) is 0 Å². The van der Waals surface area contributed by atoms with Crippen molar-refractivity contribution in [3.63, 3.8) is 0 Å². The van der Waals surface area contributed by atoms with Gasteiger partial charge in [-0.15, -0.1) is 0 Å². The van der Waals surface area contributed by atoms with E-state index in [2.05, 4.69) is 6.92 Å². The highest BCUT2D eigenvalue weighted by Gasteiger charge is 1.90. The van der Waals surface area contributed by atoms with Gasteiger partial charge in [0.2, 0.25) is 0 Å². The Balaban J connectivity index is 2.78. The van der Waals surface area contributed by atoms with Crippen LogP contribution in [0.15, 0.2) is 0 Å². The highest BCUT2D eigenvalue weighted by molar-refractivity contribution is 4.39. The zero-order valence-electron chi connectivity index (χ0n) is 9.33. The standard InChI is InChI=1S/C11H24O3/c1-2-3-8-13-10-6-11-14-9-5-4-7-12/h12H,2-11H2,1H3. The van der Waals surface area contributed by atoms with Crippen LogP contribution in [0, 0.1) is 0 Å². The van der Waals surface area contributed by atoms with Gasteiger partial charge < -0.3 is 14.6 Å². The summed E-state index contributed by atoms with van der Waals surface area (Å²) < 4.78 is 10.7. The van der Waals surface area contributed by atoms with E-state index in [1.165, 1.54) is 6.42 Å². The Morgan fingerprint density at radius 3 is 1.93 bits per heavy atom. The van der Waals surface area contributed by atoms with E-state index in [0.29, 0.717) is 0 Å². The van der Waals surface area contributed by atoms with Crippen LogP contribution in [-0.4, -0.2) is 38.1 Å². The van der Waals surface area contributed by atoms with Crippen LogP contribution in [0.3, 0.4) is 0 Å². The Bertz CT molecular complexity index is 84.5. The van der Waals surface area contributed by atoms with E-state index in [0.717, 1.165) is 52.1 Å². The first-order chi connectivity index (χ1) is 6.91. The molecule has 0 unspecified atom stereocenters. The second-order valence-electron chi connectivity index (χ2n) is 3.36. The third kappa shape index (κ3) is 11.9. The number of unbranched alkanes of at least 4 members (excludes halogenated alkanes) is 2. The fourth-order valence-corrected chi connectivity index (χ4v) is 1.03. The molecule has 0 saturated carbocycles. The lowest BCUT2D eigenvalue weighted by molar-refractivity contribution is 0.0786. The maximum absolute atomic E-state index is 8.51. The molecule has 0 aliphatic rings. The molecule has 0 fully saturated rings. The van der Waals surface area contributed by atoms with Crippen LogP contribution in [0.25, 0.3) is 0 Å². The van der Waals surface area contributed by atoms with Crippen LogP contribution < -0.4 is 0 Å². The maximum Gasteiger partial charge on any atom is 0.0487 e. The topological polar surface area (TPSA) is 38.7 Å². The first-order valence-electron chi connectivity index (χ1n) is 5.68. The van der Waals surface area contributed by atoms with Gasteiger partial charge in [-0.2, -0.15) is 0 Å². The van der Waals surface area contributed by atoms with Crippen molar-refractivity contribution in [2.45, 2.75) is 39.0 Å². The normalized spacial score (nSPS) is 10.7. The summed E-state index contributed by atoms with van der Waals surface area (Å²) in [7, 11) is 0. The number of hydrogen-bond donors (Lipinski definition) is 1. The molecule has 0 aliphatic carbocycles. The molecule has 0 radical (unpaired) electrons. The van der Waals surface area contributed by atoms with Gasteiger partial charge in [0, 0.05) is 33.0 Å². The minimum atomic E-state index is 0.267. The average Bonchev–Trinajstić information content (AvgIpc) is 2.21. The first kappa shape index (κ1) is 13.9. The number of ether oxygens (including phenoxy) is 2. The van der Waals surface area contributed by atoms with Crippen LogP contribution in [0.5, 0.6) is 0 Å². The number of rotatable bonds is 11. The molecular formula is C11H24O3. The molecule has 3 nitrogen and oxygen atoms in total. The van der Waals surface area contributed by atoms with Crippen molar-refractivity contribution < 1.29 is 14.6 Å². The molecular weight excluding hydrogens is 180 g/mol. The van der Waals surface area contributed by atoms with Crippen molar-refractivity contribution >= 4 is 0 Å². The SMILES string of the molecule is CCCCOCCCOCCCCO. The van der Waals surface area contributed by atoms with E-state index in [1.54, 1.807) is 0 Å². The molecule has 1 N–H and O–H groups in total. The van der Waals surface area contributed by atoms with Gasteiger partial charge in [0.15, 0.2) is 0 Å². The van der Waals surface area contributed by atoms with Crippen LogP contribution in [-0.2, 0) is 9.47 Å². The lowest BCUT2D eigenvalue weighted by Gasteiger charge is -2.04. The number of aliphatic hydroxyl groups is 1. The predicted octanol–water partition coefficient (Wildman–Crippen LogP) is 1.98. The molecule has 14 heavy (non-hydrogen) atoms. The first-order valence-corrected chi connectivity index (χ1v) is 5.68. The fraction of sp³-hybridized carbons (Fsp3) is 1.00. The molecule has 0 spiro atoms. The molecule has 0 amide bonds. The van der Waals surface area contributed by atoms with Crippen molar-refractivity contribution in [3.8, 4) is 0 Å². The Kier molecular flexibility index (Phi) is 12.8. The van der Waals surface area contributed by atoms with Gasteiger partial charge in [0.25, 0.3) is 0 Å². The molecule has 0 aliphatic heterocycles. The van der Waals surface area contributed by atoms with Gasteiger partial charge in [-0.05, 0) is 25.7 Å². The minimum Gasteiger partial charge on any atom is -0.396 e. The largest absolute Gasteiger partial charge is 0.396 e. The highest BCUT2D eigenvalue weighted by Crippen LogP contribution is 1.92. The van der Waals surface area contributed by atoms with Crippen LogP contribution in [0.2, 0.25) is 0 Å². The molecule has 0 rings (SSSR count). The van der Waals surface area contributed by atoms with Crippen molar-refractivity contribution in [1.29, 1.82) is 0 Å². The Morgan fingerprint density at radius 1 is 0.786 bits per heavy atom. The molecule has 0 heterocycles. The summed E-state index contributed by atoms with van der Waals surface area (Å²) in [5, 5.41) is 8.51. The van der Waals surface area contributed by atoms with Gasteiger partial charge in [0.05, 0.1) is 0 Å². The summed E-state index contributed by atoms with van der Waals surface area (Å²) in [5.41, 5.74) is 0. The molecule has 0 saturated heterocycles. The summed E-state index contributed by atoms with van der Waals surface area (Å²) in [4.78, 5) is 0. The Labute approximate surface area is 87.4 Å². The maximum atomic E-state index is 8.51.